The number of nitrogens with one attached hydrogen (secondary N) is 1. The van der Waals surface area contributed by atoms with Gasteiger partial charge in [-0.05, 0) is 0 Å². The Morgan fingerprint density at radius 2 is 2.50 bits per heavy atom. The third-order valence-corrected chi connectivity index (χ3v) is 0.727. The molecule has 0 aliphatic heterocycles. The van der Waals surface area contributed by atoms with Crippen molar-refractivity contribution in [3.63, 3.8) is 0 Å². The maximum Gasteiger partial charge on any atom is 0.115 e. The van der Waals surface area contributed by atoms with E-state index in [2.05, 4.69) is 3.53 Å². The molecule has 0 heterocycles. The van der Waals surface area contributed by atoms with Crippen LogP contribution in [-0.4, -0.2) is 17.9 Å². The molecule has 1 unspecified atom stereocenters. The summed E-state index contributed by atoms with van der Waals surface area (Å²) in [5.41, 5.74) is 4.89. The topological polar surface area (TPSA) is 58.3 Å². The van der Waals surface area contributed by atoms with Gasteiger partial charge in [0.25, 0.3) is 0 Å². The monoisotopic (exact) mass is 202 g/mol. The van der Waals surface area contributed by atoms with E-state index in [1.165, 1.54) is 0 Å². The van der Waals surface area contributed by atoms with E-state index in [-0.39, 0.29) is 0 Å². The molecule has 0 bridgehead atoms. The zero-order valence-electron chi connectivity index (χ0n) is 3.19. The molecule has 0 aromatic carbocycles. The van der Waals surface area contributed by atoms with E-state index in [0.717, 1.165) is 0 Å². The Kier molecular flexibility index (Phi) is 4.17. The summed E-state index contributed by atoms with van der Waals surface area (Å²) in [6.45, 7) is 0.445. The van der Waals surface area contributed by atoms with Crippen molar-refractivity contribution in [1.29, 1.82) is 0 Å². The van der Waals surface area contributed by atoms with Gasteiger partial charge in [-0.25, -0.2) is 0 Å². The maximum absolute atomic E-state index is 8.26. The molecule has 6 heavy (non-hydrogen) atoms. The van der Waals surface area contributed by atoms with E-state index >= 15 is 0 Å². The standard InChI is InChI=1S/C2H7IN2O/c3-5-1-2(4)6/h2,5-6H,1,4H2. The van der Waals surface area contributed by atoms with Gasteiger partial charge >= 0.3 is 0 Å². The van der Waals surface area contributed by atoms with Gasteiger partial charge in [0.2, 0.25) is 0 Å². The lowest BCUT2D eigenvalue weighted by Gasteiger charge is -1.96. The maximum atomic E-state index is 8.26. The molecule has 0 aliphatic carbocycles. The summed E-state index contributed by atoms with van der Waals surface area (Å²) in [5, 5.41) is 8.26. The minimum Gasteiger partial charge on any atom is -0.377 e. The molecular weight excluding hydrogens is 195 g/mol. The fourth-order valence-electron chi connectivity index (χ4n) is 0.0790. The Balaban J connectivity index is 2.63. The van der Waals surface area contributed by atoms with Crippen molar-refractivity contribution >= 4 is 22.9 Å². The summed E-state index contributed by atoms with van der Waals surface area (Å²) in [6, 6.07) is 0. The van der Waals surface area contributed by atoms with Crippen LogP contribution in [0.5, 0.6) is 0 Å². The van der Waals surface area contributed by atoms with Crippen LogP contribution in [0.2, 0.25) is 0 Å². The minimum absolute atomic E-state index is 0.445. The quantitative estimate of drug-likeness (QED) is 0.312. The summed E-state index contributed by atoms with van der Waals surface area (Å²) >= 11 is 1.91. The number of halogens is 1. The van der Waals surface area contributed by atoms with Gasteiger partial charge in [-0.2, -0.15) is 0 Å². The molecule has 0 saturated carbocycles. The molecule has 0 aromatic rings. The molecule has 38 valence electrons. The van der Waals surface area contributed by atoms with Crippen LogP contribution in [-0.2, 0) is 0 Å². The van der Waals surface area contributed by atoms with Gasteiger partial charge in [0.1, 0.15) is 6.23 Å². The third kappa shape index (κ3) is 4.61. The highest BCUT2D eigenvalue weighted by atomic mass is 127. The molecule has 0 spiro atoms. The highest BCUT2D eigenvalue weighted by Crippen LogP contribution is 1.68. The number of hydrogen-bond acceptors (Lipinski definition) is 3. The Morgan fingerprint density at radius 3 is 2.50 bits per heavy atom. The molecule has 3 nitrogen and oxygen atoms in total. The lowest BCUT2D eigenvalue weighted by atomic mass is 10.6. The van der Waals surface area contributed by atoms with Crippen molar-refractivity contribution in [2.75, 3.05) is 6.54 Å². The first-order chi connectivity index (χ1) is 2.77. The molecule has 4 heteroatoms. The summed E-state index contributed by atoms with van der Waals surface area (Å²) in [5.74, 6) is 0. The fraction of sp³-hybridized carbons (Fsp3) is 1.00. The van der Waals surface area contributed by atoms with Crippen molar-refractivity contribution in [1.82, 2.24) is 3.53 Å². The Morgan fingerprint density at radius 1 is 2.00 bits per heavy atom. The smallest absolute Gasteiger partial charge is 0.115 e. The van der Waals surface area contributed by atoms with Gasteiger partial charge < -0.3 is 10.8 Å². The van der Waals surface area contributed by atoms with Crippen LogP contribution in [0.1, 0.15) is 0 Å². The highest BCUT2D eigenvalue weighted by Gasteiger charge is 1.87. The van der Waals surface area contributed by atoms with Crippen LogP contribution in [0.25, 0.3) is 0 Å². The molecule has 0 aromatic heterocycles. The molecule has 0 fully saturated rings. The van der Waals surface area contributed by atoms with E-state index in [4.69, 9.17) is 10.8 Å². The fourth-order valence-corrected chi connectivity index (χ4v) is 0.530. The van der Waals surface area contributed by atoms with Gasteiger partial charge in [-0.3, -0.25) is 3.53 Å². The van der Waals surface area contributed by atoms with Crippen molar-refractivity contribution in [3.8, 4) is 0 Å². The minimum atomic E-state index is -0.720. The van der Waals surface area contributed by atoms with Crippen LogP contribution in [0.4, 0.5) is 0 Å². The number of hydrogen-bond donors (Lipinski definition) is 3. The number of rotatable bonds is 2. The van der Waals surface area contributed by atoms with E-state index in [0.29, 0.717) is 6.54 Å². The van der Waals surface area contributed by atoms with Gasteiger partial charge in [0.15, 0.2) is 0 Å². The van der Waals surface area contributed by atoms with Gasteiger partial charge in [-0.15, -0.1) is 0 Å². The summed E-state index contributed by atoms with van der Waals surface area (Å²) < 4.78 is 2.66. The van der Waals surface area contributed by atoms with Crippen LogP contribution in [0.15, 0.2) is 0 Å². The molecular formula is C2H7IN2O. The first-order valence-corrected chi connectivity index (χ1v) is 2.62. The molecule has 0 aliphatic rings. The zero-order valence-corrected chi connectivity index (χ0v) is 5.34. The lowest BCUT2D eigenvalue weighted by Crippen LogP contribution is -2.28. The second-order valence-corrected chi connectivity index (χ2v) is 1.67. The Labute approximate surface area is 50.4 Å². The van der Waals surface area contributed by atoms with Crippen LogP contribution in [0, 0.1) is 0 Å². The Hall–Kier alpha value is 0.610. The van der Waals surface area contributed by atoms with Gasteiger partial charge in [0, 0.05) is 29.4 Å². The molecule has 4 N–H and O–H groups in total. The van der Waals surface area contributed by atoms with Crippen LogP contribution in [0.3, 0.4) is 0 Å². The molecule has 1 atom stereocenters. The largest absolute Gasteiger partial charge is 0.377 e. The SMILES string of the molecule is NC(O)CNI. The Bertz CT molecular complexity index is 32.7. The van der Waals surface area contributed by atoms with Crippen molar-refractivity contribution in [3.05, 3.63) is 0 Å². The second kappa shape index (κ2) is 3.79. The van der Waals surface area contributed by atoms with E-state index < -0.39 is 6.23 Å². The molecule has 0 amide bonds. The van der Waals surface area contributed by atoms with Crippen molar-refractivity contribution in [2.45, 2.75) is 6.23 Å². The lowest BCUT2D eigenvalue weighted by molar-refractivity contribution is 0.188. The average Bonchev–Trinajstić information content (AvgIpc) is 1.35. The predicted octanol–water partition coefficient (Wildman–Crippen LogP) is -0.797. The highest BCUT2D eigenvalue weighted by molar-refractivity contribution is 14.1. The first kappa shape index (κ1) is 6.61. The normalized spacial score (nSPS) is 14.5. The van der Waals surface area contributed by atoms with Crippen molar-refractivity contribution in [2.24, 2.45) is 5.73 Å². The molecule has 0 saturated heterocycles. The van der Waals surface area contributed by atoms with E-state index in [1.807, 2.05) is 22.9 Å². The molecule has 0 rings (SSSR count). The summed E-state index contributed by atoms with van der Waals surface area (Å²) in [4.78, 5) is 0. The first-order valence-electron chi connectivity index (χ1n) is 1.54. The number of aliphatic hydroxyl groups excluding tert-OH is 1. The van der Waals surface area contributed by atoms with Gasteiger partial charge in [-0.1, -0.05) is 0 Å². The third-order valence-electron chi connectivity index (χ3n) is 0.286. The average molecular weight is 202 g/mol. The molecule has 0 radical (unpaired) electrons. The van der Waals surface area contributed by atoms with Crippen LogP contribution >= 0.6 is 22.9 Å². The second-order valence-electron chi connectivity index (χ2n) is 0.905. The van der Waals surface area contributed by atoms with E-state index in [1.54, 1.807) is 0 Å². The predicted molar refractivity (Wildman–Crippen MR) is 32.2 cm³/mol. The summed E-state index contributed by atoms with van der Waals surface area (Å²) in [7, 11) is 0. The van der Waals surface area contributed by atoms with Gasteiger partial charge in [0.05, 0.1) is 0 Å². The summed E-state index contributed by atoms with van der Waals surface area (Å²) in [6.07, 6.45) is -0.720. The van der Waals surface area contributed by atoms with Crippen LogP contribution < -0.4 is 9.26 Å². The number of nitrogens with two attached hydrogens (primary N) is 1. The van der Waals surface area contributed by atoms with E-state index in [9.17, 15) is 0 Å². The van der Waals surface area contributed by atoms with Crippen molar-refractivity contribution < 1.29 is 5.11 Å². The zero-order chi connectivity index (χ0) is 4.99. The number of aliphatic hydroxyl groups is 1.